The van der Waals surface area contributed by atoms with Crippen LogP contribution < -0.4 is 0 Å². The maximum atomic E-state index is 11.6. The number of halogens is 2. The maximum absolute atomic E-state index is 11.6. The maximum Gasteiger partial charge on any atom is 0.316 e. The minimum Gasteiger partial charge on any atom is -0.480 e. The van der Waals surface area contributed by atoms with E-state index in [2.05, 4.69) is 12.6 Å². The van der Waals surface area contributed by atoms with Gasteiger partial charge in [0.15, 0.2) is 5.78 Å². The predicted molar refractivity (Wildman–Crippen MR) is 65.8 cm³/mol. The van der Waals surface area contributed by atoms with Gasteiger partial charge in [0.2, 0.25) is 0 Å². The molecule has 0 fully saturated rings. The van der Waals surface area contributed by atoms with Crippen LogP contribution >= 0.6 is 35.8 Å². The number of aliphatic carboxylic acids is 1. The molecular weight excluding hydrogens is 271 g/mol. The van der Waals surface area contributed by atoms with Gasteiger partial charge in [-0.15, -0.1) is 0 Å². The molecule has 1 N–H and O–H groups in total. The third-order valence-electron chi connectivity index (χ3n) is 1.91. The van der Waals surface area contributed by atoms with Crippen LogP contribution in [0.1, 0.15) is 16.8 Å². The monoisotopic (exact) mass is 278 g/mol. The van der Waals surface area contributed by atoms with Gasteiger partial charge in [0.25, 0.3) is 0 Å². The van der Waals surface area contributed by atoms with Crippen molar-refractivity contribution in [3.8, 4) is 0 Å². The number of ketones is 1. The Morgan fingerprint density at radius 3 is 2.44 bits per heavy atom. The van der Waals surface area contributed by atoms with E-state index in [9.17, 15) is 9.59 Å². The van der Waals surface area contributed by atoms with Gasteiger partial charge in [-0.2, -0.15) is 12.6 Å². The zero-order chi connectivity index (χ0) is 12.3. The van der Waals surface area contributed by atoms with Crippen molar-refractivity contribution < 1.29 is 14.7 Å². The molecule has 0 aliphatic heterocycles. The molecule has 3 nitrogen and oxygen atoms in total. The fourth-order valence-electron chi connectivity index (χ4n) is 1.05. The topological polar surface area (TPSA) is 54.4 Å². The van der Waals surface area contributed by atoms with Gasteiger partial charge in [-0.25, -0.2) is 0 Å². The van der Waals surface area contributed by atoms with Crippen molar-refractivity contribution in [1.29, 1.82) is 0 Å². The van der Waals surface area contributed by atoms with Crippen LogP contribution in [0.25, 0.3) is 0 Å². The quantitative estimate of drug-likeness (QED) is 0.658. The highest BCUT2D eigenvalue weighted by atomic mass is 35.5. The smallest absolute Gasteiger partial charge is 0.316 e. The Bertz CT molecular complexity index is 434. The lowest BCUT2D eigenvalue weighted by atomic mass is 10.1. The molecular formula is C10H8Cl2O3S. The summed E-state index contributed by atoms with van der Waals surface area (Å²) in [6, 6.07) is 4.40. The summed E-state index contributed by atoms with van der Waals surface area (Å²) in [5.41, 5.74) is 0.328. The fraction of sp³-hybridized carbons (Fsp3) is 0.200. The number of carbonyl (C=O) groups is 2. The minimum absolute atomic E-state index is 0.184. The predicted octanol–water partition coefficient (Wildman–Crippen LogP) is 2.95. The van der Waals surface area contributed by atoms with E-state index >= 15 is 0 Å². The Kier molecular flexibility index (Phi) is 4.65. The summed E-state index contributed by atoms with van der Waals surface area (Å²) in [6.07, 6.45) is -0.184. The molecule has 0 aliphatic rings. The molecule has 0 amide bonds. The molecule has 0 spiro atoms. The summed E-state index contributed by atoms with van der Waals surface area (Å²) in [4.78, 5) is 22.1. The van der Waals surface area contributed by atoms with Crippen LogP contribution in [0.4, 0.5) is 0 Å². The van der Waals surface area contributed by atoms with Crippen LogP contribution in [0.5, 0.6) is 0 Å². The first-order valence-corrected chi connectivity index (χ1v) is 5.58. The molecule has 6 heteroatoms. The van der Waals surface area contributed by atoms with Crippen LogP contribution in [0.3, 0.4) is 0 Å². The Balaban J connectivity index is 2.81. The summed E-state index contributed by atoms with van der Waals surface area (Å²) >= 11 is 15.2. The Labute approximate surface area is 108 Å². The molecule has 1 rings (SSSR count). The zero-order valence-electron chi connectivity index (χ0n) is 7.98. The van der Waals surface area contributed by atoms with Crippen molar-refractivity contribution in [1.82, 2.24) is 0 Å². The van der Waals surface area contributed by atoms with Crippen molar-refractivity contribution in [3.05, 3.63) is 33.8 Å². The number of hydrogen-bond donors (Lipinski definition) is 2. The first kappa shape index (κ1) is 13.4. The number of benzene rings is 1. The third kappa shape index (κ3) is 3.40. The molecule has 86 valence electrons. The largest absolute Gasteiger partial charge is 0.480 e. The Hall–Kier alpha value is -0.710. The van der Waals surface area contributed by atoms with E-state index in [1.807, 2.05) is 0 Å². The molecule has 0 aromatic heterocycles. The van der Waals surface area contributed by atoms with Crippen LogP contribution in [0.15, 0.2) is 18.2 Å². The van der Waals surface area contributed by atoms with E-state index in [0.717, 1.165) is 0 Å². The number of carboxylic acid groups (broad SMARTS) is 1. The molecule has 16 heavy (non-hydrogen) atoms. The summed E-state index contributed by atoms with van der Waals surface area (Å²) < 4.78 is 0. The van der Waals surface area contributed by atoms with E-state index in [0.29, 0.717) is 10.6 Å². The molecule has 0 unspecified atom stereocenters. The number of thiol groups is 1. The molecule has 0 radical (unpaired) electrons. The molecule has 1 aromatic carbocycles. The summed E-state index contributed by atoms with van der Waals surface area (Å²) in [5.74, 6) is -1.46. The highest BCUT2D eigenvalue weighted by Gasteiger charge is 2.18. The molecule has 1 atom stereocenters. The minimum atomic E-state index is -1.13. The number of carboxylic acids is 1. The van der Waals surface area contributed by atoms with E-state index < -0.39 is 11.2 Å². The highest BCUT2D eigenvalue weighted by Crippen LogP contribution is 2.23. The zero-order valence-corrected chi connectivity index (χ0v) is 10.4. The lowest BCUT2D eigenvalue weighted by Gasteiger charge is -2.05. The summed E-state index contributed by atoms with van der Waals surface area (Å²) in [6.45, 7) is 0. The molecule has 0 saturated carbocycles. The third-order valence-corrected chi connectivity index (χ3v) is 3.05. The van der Waals surface area contributed by atoms with Crippen molar-refractivity contribution in [2.24, 2.45) is 0 Å². The molecule has 0 aliphatic carbocycles. The van der Waals surface area contributed by atoms with E-state index in [4.69, 9.17) is 28.3 Å². The lowest BCUT2D eigenvalue weighted by molar-refractivity contribution is -0.136. The average molecular weight is 279 g/mol. The molecule has 0 heterocycles. The second-order valence-electron chi connectivity index (χ2n) is 3.11. The van der Waals surface area contributed by atoms with Crippen LogP contribution in [0.2, 0.25) is 10.0 Å². The van der Waals surface area contributed by atoms with Gasteiger partial charge in [0.1, 0.15) is 5.25 Å². The summed E-state index contributed by atoms with van der Waals surface area (Å²) in [7, 11) is 0. The molecule has 0 bridgehead atoms. The Morgan fingerprint density at radius 2 is 1.94 bits per heavy atom. The van der Waals surface area contributed by atoms with Crippen molar-refractivity contribution in [2.75, 3.05) is 0 Å². The first-order valence-electron chi connectivity index (χ1n) is 4.31. The van der Waals surface area contributed by atoms with E-state index in [-0.39, 0.29) is 17.2 Å². The molecule has 1 aromatic rings. The first-order chi connectivity index (χ1) is 7.41. The van der Waals surface area contributed by atoms with Crippen molar-refractivity contribution in [2.45, 2.75) is 11.7 Å². The number of rotatable bonds is 4. The second kappa shape index (κ2) is 5.57. The highest BCUT2D eigenvalue weighted by molar-refractivity contribution is 7.81. The average Bonchev–Trinajstić information content (AvgIpc) is 2.21. The number of Topliss-reactive ketones (excluding diaryl/α,β-unsaturated/α-hetero) is 1. The van der Waals surface area contributed by atoms with Gasteiger partial charge in [0, 0.05) is 12.0 Å². The van der Waals surface area contributed by atoms with Crippen molar-refractivity contribution >= 4 is 47.6 Å². The van der Waals surface area contributed by atoms with E-state index in [1.54, 1.807) is 0 Å². The van der Waals surface area contributed by atoms with Gasteiger partial charge in [-0.1, -0.05) is 23.2 Å². The lowest BCUT2D eigenvalue weighted by Crippen LogP contribution is -2.18. The van der Waals surface area contributed by atoms with Gasteiger partial charge in [-0.05, 0) is 18.2 Å². The number of carbonyl (C=O) groups excluding carboxylic acids is 1. The standard InChI is InChI=1S/C10H8Cl2O3S/c11-6-2-1-5(3-7(6)12)8(13)4-9(16)10(14)15/h1-3,9,16H,4H2,(H,14,15)/t9-/m0/s1. The van der Waals surface area contributed by atoms with Gasteiger partial charge in [-0.3, -0.25) is 9.59 Å². The van der Waals surface area contributed by atoms with Crippen LogP contribution in [-0.2, 0) is 4.79 Å². The van der Waals surface area contributed by atoms with Crippen molar-refractivity contribution in [3.63, 3.8) is 0 Å². The second-order valence-corrected chi connectivity index (χ2v) is 4.55. The number of hydrogen-bond acceptors (Lipinski definition) is 3. The van der Waals surface area contributed by atoms with Crippen LogP contribution in [-0.4, -0.2) is 22.1 Å². The van der Waals surface area contributed by atoms with E-state index in [1.165, 1.54) is 18.2 Å². The SMILES string of the molecule is O=C(C[C@H](S)C(=O)O)c1ccc(Cl)c(Cl)c1. The normalized spacial score (nSPS) is 12.2. The molecule has 0 saturated heterocycles. The van der Waals surface area contributed by atoms with Crippen LogP contribution in [0, 0.1) is 0 Å². The fourth-order valence-corrected chi connectivity index (χ4v) is 1.51. The van der Waals surface area contributed by atoms with Gasteiger partial charge in [0.05, 0.1) is 10.0 Å². The summed E-state index contributed by atoms with van der Waals surface area (Å²) in [5, 5.41) is 8.20. The van der Waals surface area contributed by atoms with Gasteiger partial charge >= 0.3 is 5.97 Å². The van der Waals surface area contributed by atoms with Gasteiger partial charge < -0.3 is 5.11 Å². The Morgan fingerprint density at radius 1 is 1.31 bits per heavy atom.